The zero-order chi connectivity index (χ0) is 24.1. The fourth-order valence-corrected chi connectivity index (χ4v) is 4.42. The van der Waals surface area contributed by atoms with Crippen LogP contribution in [0.3, 0.4) is 0 Å². The largest absolute Gasteiger partial charge is 0.507 e. The average molecular weight is 503 g/mol. The van der Waals surface area contributed by atoms with Gasteiger partial charge in [-0.2, -0.15) is 30.4 Å². The lowest BCUT2D eigenvalue weighted by Crippen LogP contribution is -2.03. The van der Waals surface area contributed by atoms with Crippen LogP contribution in [0.4, 0.5) is 17.1 Å². The van der Waals surface area contributed by atoms with Gasteiger partial charge in [-0.3, -0.25) is 13.7 Å². The normalized spacial score (nSPS) is 13.1. The maximum atomic E-state index is 11.9. The lowest BCUT2D eigenvalue weighted by Gasteiger charge is -2.12. The Morgan fingerprint density at radius 2 is 1.28 bits per heavy atom. The van der Waals surface area contributed by atoms with E-state index in [9.17, 15) is 39.5 Å². The van der Waals surface area contributed by atoms with Gasteiger partial charge >= 0.3 is 0 Å². The Kier molecular flexibility index (Phi) is 5.71. The minimum Gasteiger partial charge on any atom is -0.507 e. The minimum atomic E-state index is -4.98. The fraction of sp³-hybridized carbons (Fsp3) is 0. The first-order valence-electron chi connectivity index (χ1n) is 8.12. The molecule has 0 spiro atoms. The number of rotatable bonds is 5. The standard InChI is InChI=1S/C16H13N3O10S3/c17-15-14-8(5-11(7-12(14)20)31(24,25)26)6-13(32(27,28)29)16(15)19-18-9-1-3-10(4-2-9)30(21,22)23/h1-7,20H,17H2,(H,21,22,23)(H,24,25,26)(H,27,28,29). The summed E-state index contributed by atoms with van der Waals surface area (Å²) < 4.78 is 96.3. The van der Waals surface area contributed by atoms with E-state index in [-0.39, 0.29) is 16.5 Å². The molecule has 0 amide bonds. The van der Waals surface area contributed by atoms with Gasteiger partial charge in [-0.25, -0.2) is 0 Å². The Balaban J connectivity index is 2.25. The third kappa shape index (κ3) is 4.69. The number of fused-ring (bicyclic) bond motifs is 1. The highest BCUT2D eigenvalue weighted by Gasteiger charge is 2.24. The van der Waals surface area contributed by atoms with E-state index in [2.05, 4.69) is 10.2 Å². The SMILES string of the molecule is Nc1c(N=Nc2ccc(S(=O)(=O)O)cc2)c(S(=O)(=O)O)cc2cc(S(=O)(=O)O)cc(O)c12. The molecule has 0 unspecified atom stereocenters. The topological polar surface area (TPSA) is 234 Å². The van der Waals surface area contributed by atoms with E-state index < -0.39 is 62.2 Å². The maximum Gasteiger partial charge on any atom is 0.296 e. The van der Waals surface area contributed by atoms with Gasteiger partial charge in [0.25, 0.3) is 30.4 Å². The summed E-state index contributed by atoms with van der Waals surface area (Å²) in [5, 5.41) is 17.1. The van der Waals surface area contributed by atoms with Crippen molar-refractivity contribution < 1.29 is 44.0 Å². The van der Waals surface area contributed by atoms with Gasteiger partial charge in [-0.05, 0) is 41.8 Å². The van der Waals surface area contributed by atoms with Crippen LogP contribution in [0.15, 0.2) is 67.4 Å². The number of hydrogen-bond donors (Lipinski definition) is 5. The molecule has 0 fully saturated rings. The molecule has 0 radical (unpaired) electrons. The zero-order valence-electron chi connectivity index (χ0n) is 15.5. The van der Waals surface area contributed by atoms with Crippen molar-refractivity contribution in [3.8, 4) is 5.75 Å². The molecule has 0 saturated carbocycles. The molecule has 0 heterocycles. The maximum absolute atomic E-state index is 11.9. The average Bonchev–Trinajstić information content (AvgIpc) is 2.64. The fourth-order valence-electron chi connectivity index (χ4n) is 2.73. The number of phenols is 1. The third-order valence-electron chi connectivity index (χ3n) is 4.14. The van der Waals surface area contributed by atoms with Gasteiger partial charge in [-0.1, -0.05) is 0 Å². The predicted molar refractivity (Wildman–Crippen MR) is 110 cm³/mol. The highest BCUT2D eigenvalue weighted by atomic mass is 32.2. The van der Waals surface area contributed by atoms with Crippen LogP contribution in [0.25, 0.3) is 10.8 Å². The van der Waals surface area contributed by atoms with E-state index in [1.807, 2.05) is 0 Å². The Hall–Kier alpha value is -3.15. The Labute approximate surface area is 181 Å². The van der Waals surface area contributed by atoms with Crippen molar-refractivity contribution >= 4 is 58.2 Å². The molecule has 0 atom stereocenters. The highest BCUT2D eigenvalue weighted by molar-refractivity contribution is 7.86. The molecule has 3 rings (SSSR count). The Bertz CT molecular complexity index is 1600. The van der Waals surface area contributed by atoms with E-state index in [1.165, 1.54) is 0 Å². The second-order valence-corrected chi connectivity index (χ2v) is 10.5. The number of benzene rings is 3. The van der Waals surface area contributed by atoms with E-state index in [0.29, 0.717) is 6.07 Å². The van der Waals surface area contributed by atoms with Crippen LogP contribution in [-0.4, -0.2) is 44.0 Å². The number of nitrogens with two attached hydrogens (primary N) is 1. The third-order valence-corrected chi connectivity index (χ3v) is 6.71. The molecule has 0 aliphatic carbocycles. The predicted octanol–water partition coefficient (Wildman–Crippen LogP) is 2.28. The van der Waals surface area contributed by atoms with Crippen molar-refractivity contribution in [1.82, 2.24) is 0 Å². The molecule has 16 heteroatoms. The molecule has 0 bridgehead atoms. The number of azo groups is 1. The summed E-state index contributed by atoms with van der Waals surface area (Å²) in [6, 6.07) is 6.53. The summed E-state index contributed by atoms with van der Waals surface area (Å²) in [5.41, 5.74) is 4.82. The van der Waals surface area contributed by atoms with Gasteiger partial charge in [0, 0.05) is 11.5 Å². The molecule has 0 aromatic heterocycles. The van der Waals surface area contributed by atoms with Crippen molar-refractivity contribution in [3.63, 3.8) is 0 Å². The van der Waals surface area contributed by atoms with Crippen LogP contribution in [0.5, 0.6) is 5.75 Å². The molecule has 32 heavy (non-hydrogen) atoms. The van der Waals surface area contributed by atoms with Crippen molar-refractivity contribution in [2.45, 2.75) is 14.7 Å². The number of hydrogen-bond acceptors (Lipinski definition) is 10. The summed E-state index contributed by atoms with van der Waals surface area (Å²) in [4.78, 5) is -2.07. The molecular formula is C16H13N3O10S3. The molecule has 0 saturated heterocycles. The van der Waals surface area contributed by atoms with Crippen LogP contribution in [0, 0.1) is 0 Å². The molecule has 3 aromatic carbocycles. The molecular weight excluding hydrogens is 490 g/mol. The van der Waals surface area contributed by atoms with Crippen molar-refractivity contribution in [1.29, 1.82) is 0 Å². The van der Waals surface area contributed by atoms with Crippen molar-refractivity contribution in [3.05, 3.63) is 42.5 Å². The van der Waals surface area contributed by atoms with Gasteiger partial charge < -0.3 is 10.8 Å². The van der Waals surface area contributed by atoms with Gasteiger partial charge in [-0.15, -0.1) is 5.11 Å². The molecule has 170 valence electrons. The number of aromatic hydroxyl groups is 1. The van der Waals surface area contributed by atoms with Gasteiger partial charge in [0.1, 0.15) is 16.3 Å². The van der Waals surface area contributed by atoms with Crippen molar-refractivity contribution in [2.24, 2.45) is 10.2 Å². The number of nitrogen functional groups attached to an aromatic ring is 1. The van der Waals surface area contributed by atoms with E-state index in [4.69, 9.17) is 10.3 Å². The molecule has 6 N–H and O–H groups in total. The quantitative estimate of drug-likeness (QED) is 0.192. The van der Waals surface area contributed by atoms with Gasteiger partial charge in [0.2, 0.25) is 0 Å². The van der Waals surface area contributed by atoms with Crippen LogP contribution in [0.1, 0.15) is 0 Å². The van der Waals surface area contributed by atoms with E-state index in [0.717, 1.165) is 36.4 Å². The summed E-state index contributed by atoms with van der Waals surface area (Å²) >= 11 is 0. The molecule has 0 aliphatic rings. The van der Waals surface area contributed by atoms with Crippen molar-refractivity contribution in [2.75, 3.05) is 5.73 Å². The summed E-state index contributed by atoms with van der Waals surface area (Å²) in [6.45, 7) is 0. The number of phenolic OH excluding ortho intramolecular Hbond substituents is 1. The summed E-state index contributed by atoms with van der Waals surface area (Å²) in [7, 11) is -14.2. The van der Waals surface area contributed by atoms with Crippen LogP contribution in [-0.2, 0) is 30.4 Å². The monoisotopic (exact) mass is 503 g/mol. The Morgan fingerprint density at radius 3 is 1.78 bits per heavy atom. The van der Waals surface area contributed by atoms with Crippen LogP contribution < -0.4 is 5.73 Å². The lowest BCUT2D eigenvalue weighted by atomic mass is 10.1. The first-order chi connectivity index (χ1) is 14.6. The van der Waals surface area contributed by atoms with Crippen LogP contribution >= 0.6 is 0 Å². The van der Waals surface area contributed by atoms with Gasteiger partial charge in [0.15, 0.2) is 0 Å². The summed E-state index contributed by atoms with van der Waals surface area (Å²) in [5.74, 6) is -0.733. The number of anilines is 1. The highest BCUT2D eigenvalue weighted by Crippen LogP contribution is 2.43. The summed E-state index contributed by atoms with van der Waals surface area (Å²) in [6.07, 6.45) is 0. The lowest BCUT2D eigenvalue weighted by molar-refractivity contribution is 0.471. The first kappa shape index (κ1) is 23.5. The second-order valence-electron chi connectivity index (χ2n) is 6.30. The van der Waals surface area contributed by atoms with E-state index in [1.54, 1.807) is 0 Å². The number of nitrogens with zero attached hydrogens (tertiary/aromatic N) is 2. The molecule has 3 aromatic rings. The Morgan fingerprint density at radius 1 is 0.719 bits per heavy atom. The molecule has 0 aliphatic heterocycles. The second kappa shape index (κ2) is 7.76. The van der Waals surface area contributed by atoms with Crippen LogP contribution in [0.2, 0.25) is 0 Å². The van der Waals surface area contributed by atoms with Gasteiger partial charge in [0.05, 0.1) is 21.2 Å². The zero-order valence-corrected chi connectivity index (χ0v) is 17.9. The smallest absolute Gasteiger partial charge is 0.296 e. The first-order valence-corrected chi connectivity index (χ1v) is 12.4. The van der Waals surface area contributed by atoms with E-state index >= 15 is 0 Å². The minimum absolute atomic E-state index is 0.00382. The molecule has 13 nitrogen and oxygen atoms in total.